The molecule has 0 saturated carbocycles. The summed E-state index contributed by atoms with van der Waals surface area (Å²) in [6, 6.07) is 9.48. The van der Waals surface area contributed by atoms with Crippen LogP contribution in [-0.2, 0) is 6.54 Å². The minimum atomic E-state index is -0.415. The number of aryl methyl sites for hydroxylation is 1. The van der Waals surface area contributed by atoms with E-state index < -0.39 is 11.2 Å². The van der Waals surface area contributed by atoms with Gasteiger partial charge in [-0.15, -0.1) is 0 Å². The van der Waals surface area contributed by atoms with E-state index in [0.29, 0.717) is 24.0 Å². The third kappa shape index (κ3) is 3.82. The van der Waals surface area contributed by atoms with Crippen molar-refractivity contribution in [2.24, 2.45) is 0 Å². The van der Waals surface area contributed by atoms with E-state index in [1.165, 1.54) is 10.8 Å². The normalized spacial score (nSPS) is 10.4. The van der Waals surface area contributed by atoms with Crippen molar-refractivity contribution in [1.82, 2.24) is 9.55 Å². The van der Waals surface area contributed by atoms with E-state index in [0.717, 1.165) is 5.75 Å². The molecule has 6 heteroatoms. The molecular formula is C13H13BrN2O3. The molecule has 0 aliphatic carbocycles. The van der Waals surface area contributed by atoms with Crippen LogP contribution in [0.15, 0.2) is 50.6 Å². The third-order valence-corrected chi connectivity index (χ3v) is 3.09. The summed E-state index contributed by atoms with van der Waals surface area (Å²) in [5, 5.41) is 0. The molecule has 1 N–H and O–H groups in total. The van der Waals surface area contributed by atoms with Crippen LogP contribution in [0.5, 0.6) is 5.75 Å². The minimum absolute atomic E-state index is 0.344. The average molecular weight is 325 g/mol. The molecule has 5 nitrogen and oxygen atoms in total. The molecule has 1 heterocycles. The number of aromatic nitrogens is 2. The number of rotatable bonds is 5. The molecule has 0 unspecified atom stereocenters. The molecule has 1 aromatic carbocycles. The Morgan fingerprint density at radius 2 is 1.95 bits per heavy atom. The Balaban J connectivity index is 1.88. The standard InChI is InChI=1S/C13H13BrN2O3/c14-11-9-16(13(18)15-12(11)17)7-4-8-19-10-5-2-1-3-6-10/h1-3,5-6,9H,4,7-8H2,(H,15,17,18). The molecular weight excluding hydrogens is 312 g/mol. The summed E-state index contributed by atoms with van der Waals surface area (Å²) in [7, 11) is 0. The van der Waals surface area contributed by atoms with Crippen LogP contribution in [0.1, 0.15) is 6.42 Å². The van der Waals surface area contributed by atoms with Gasteiger partial charge < -0.3 is 4.74 Å². The second kappa shape index (κ2) is 6.38. The van der Waals surface area contributed by atoms with Crippen LogP contribution in [0.25, 0.3) is 0 Å². The number of hydrogen-bond acceptors (Lipinski definition) is 3. The third-order valence-electron chi connectivity index (χ3n) is 2.52. The van der Waals surface area contributed by atoms with Crippen molar-refractivity contribution in [2.75, 3.05) is 6.61 Å². The Kier molecular flexibility index (Phi) is 4.57. The number of benzene rings is 1. The maximum atomic E-state index is 11.5. The summed E-state index contributed by atoms with van der Waals surface area (Å²) in [4.78, 5) is 24.9. The van der Waals surface area contributed by atoms with Gasteiger partial charge in [0.15, 0.2) is 0 Å². The van der Waals surface area contributed by atoms with Crippen molar-refractivity contribution in [2.45, 2.75) is 13.0 Å². The molecule has 0 fully saturated rings. The zero-order valence-electron chi connectivity index (χ0n) is 10.1. The molecule has 0 saturated heterocycles. The zero-order chi connectivity index (χ0) is 13.7. The molecule has 19 heavy (non-hydrogen) atoms. The lowest BCUT2D eigenvalue weighted by molar-refractivity contribution is 0.300. The lowest BCUT2D eigenvalue weighted by atomic mass is 10.3. The van der Waals surface area contributed by atoms with Crippen molar-refractivity contribution >= 4 is 15.9 Å². The molecule has 0 aliphatic rings. The van der Waals surface area contributed by atoms with Gasteiger partial charge in [-0.25, -0.2) is 4.79 Å². The van der Waals surface area contributed by atoms with Gasteiger partial charge in [0.25, 0.3) is 5.56 Å². The number of nitrogens with zero attached hydrogens (tertiary/aromatic N) is 1. The van der Waals surface area contributed by atoms with E-state index in [1.807, 2.05) is 30.3 Å². The van der Waals surface area contributed by atoms with Crippen LogP contribution >= 0.6 is 15.9 Å². The van der Waals surface area contributed by atoms with Crippen molar-refractivity contribution in [3.05, 3.63) is 61.8 Å². The van der Waals surface area contributed by atoms with Crippen LogP contribution in [0.2, 0.25) is 0 Å². The fourth-order valence-corrected chi connectivity index (χ4v) is 1.94. The zero-order valence-corrected chi connectivity index (χ0v) is 11.7. The fourth-order valence-electron chi connectivity index (χ4n) is 1.59. The number of aromatic amines is 1. The summed E-state index contributed by atoms with van der Waals surface area (Å²) < 4.78 is 7.31. The molecule has 1 aromatic heterocycles. The van der Waals surface area contributed by atoms with Gasteiger partial charge in [0.2, 0.25) is 0 Å². The summed E-state index contributed by atoms with van der Waals surface area (Å²) in [6.45, 7) is 0.994. The van der Waals surface area contributed by atoms with Crippen molar-refractivity contribution in [3.8, 4) is 5.75 Å². The lowest BCUT2D eigenvalue weighted by Crippen LogP contribution is -2.30. The molecule has 100 valence electrons. The smallest absolute Gasteiger partial charge is 0.328 e. The molecule has 0 bridgehead atoms. The monoisotopic (exact) mass is 324 g/mol. The molecule has 0 aliphatic heterocycles. The van der Waals surface area contributed by atoms with Crippen LogP contribution in [0.4, 0.5) is 0 Å². The van der Waals surface area contributed by atoms with Crippen LogP contribution < -0.4 is 16.0 Å². The maximum Gasteiger partial charge on any atom is 0.328 e. The molecule has 0 spiro atoms. The lowest BCUT2D eigenvalue weighted by Gasteiger charge is -2.07. The van der Waals surface area contributed by atoms with E-state index >= 15 is 0 Å². The van der Waals surface area contributed by atoms with Gasteiger partial charge in [-0.1, -0.05) is 18.2 Å². The number of H-pyrrole nitrogens is 1. The molecule has 0 atom stereocenters. The van der Waals surface area contributed by atoms with Crippen molar-refractivity contribution in [1.29, 1.82) is 0 Å². The highest BCUT2D eigenvalue weighted by molar-refractivity contribution is 9.10. The highest BCUT2D eigenvalue weighted by Crippen LogP contribution is 2.08. The Morgan fingerprint density at radius 3 is 2.68 bits per heavy atom. The Labute approximate surface area is 118 Å². The van der Waals surface area contributed by atoms with Crippen LogP contribution in [-0.4, -0.2) is 16.2 Å². The number of nitrogens with one attached hydrogen (secondary N) is 1. The predicted molar refractivity (Wildman–Crippen MR) is 75.6 cm³/mol. The maximum absolute atomic E-state index is 11.5. The van der Waals surface area contributed by atoms with Crippen molar-refractivity contribution < 1.29 is 4.74 Å². The van der Waals surface area contributed by atoms with E-state index in [2.05, 4.69) is 20.9 Å². The topological polar surface area (TPSA) is 64.1 Å². The first kappa shape index (κ1) is 13.6. The molecule has 0 amide bonds. The van der Waals surface area contributed by atoms with Crippen LogP contribution in [0, 0.1) is 0 Å². The average Bonchev–Trinajstić information content (AvgIpc) is 2.41. The quantitative estimate of drug-likeness (QED) is 0.852. The van der Waals surface area contributed by atoms with Gasteiger partial charge in [0, 0.05) is 12.7 Å². The Morgan fingerprint density at radius 1 is 1.21 bits per heavy atom. The second-order valence-electron chi connectivity index (χ2n) is 3.94. The second-order valence-corrected chi connectivity index (χ2v) is 4.80. The molecule has 2 rings (SSSR count). The minimum Gasteiger partial charge on any atom is -0.494 e. The number of hydrogen-bond donors (Lipinski definition) is 1. The van der Waals surface area contributed by atoms with E-state index in [4.69, 9.17) is 4.74 Å². The van der Waals surface area contributed by atoms with Gasteiger partial charge in [-0.3, -0.25) is 14.3 Å². The molecule has 2 aromatic rings. The predicted octanol–water partition coefficient (Wildman–Crippen LogP) is 1.77. The number of halogens is 1. The molecule has 0 radical (unpaired) electrons. The summed E-state index contributed by atoms with van der Waals surface area (Å²) >= 11 is 3.09. The Hall–Kier alpha value is -1.82. The van der Waals surface area contributed by atoms with Gasteiger partial charge in [-0.05, 0) is 34.5 Å². The van der Waals surface area contributed by atoms with Crippen LogP contribution in [0.3, 0.4) is 0 Å². The first-order valence-electron chi connectivity index (χ1n) is 5.84. The summed E-state index contributed by atoms with van der Waals surface area (Å²) in [6.07, 6.45) is 2.16. The summed E-state index contributed by atoms with van der Waals surface area (Å²) in [5.74, 6) is 0.803. The highest BCUT2D eigenvalue weighted by Gasteiger charge is 2.01. The van der Waals surface area contributed by atoms with Gasteiger partial charge >= 0.3 is 5.69 Å². The van der Waals surface area contributed by atoms with E-state index in [1.54, 1.807) is 0 Å². The van der Waals surface area contributed by atoms with Crippen molar-refractivity contribution in [3.63, 3.8) is 0 Å². The van der Waals surface area contributed by atoms with Gasteiger partial charge in [0.1, 0.15) is 5.75 Å². The van der Waals surface area contributed by atoms with E-state index in [9.17, 15) is 9.59 Å². The largest absolute Gasteiger partial charge is 0.494 e. The summed E-state index contributed by atoms with van der Waals surface area (Å²) in [5.41, 5.74) is -0.824. The Bertz CT molecular complexity index is 649. The fraction of sp³-hybridized carbons (Fsp3) is 0.231. The number of ether oxygens (including phenoxy) is 1. The SMILES string of the molecule is O=c1[nH]c(=O)n(CCCOc2ccccc2)cc1Br. The number of para-hydroxylation sites is 1. The van der Waals surface area contributed by atoms with Gasteiger partial charge in [-0.2, -0.15) is 0 Å². The first-order chi connectivity index (χ1) is 9.16. The van der Waals surface area contributed by atoms with E-state index in [-0.39, 0.29) is 0 Å². The van der Waals surface area contributed by atoms with Gasteiger partial charge in [0.05, 0.1) is 11.1 Å². The highest BCUT2D eigenvalue weighted by atomic mass is 79.9. The first-order valence-corrected chi connectivity index (χ1v) is 6.63.